The minimum absolute atomic E-state index is 0.0488. The van der Waals surface area contributed by atoms with Crippen LogP contribution in [0.4, 0.5) is 13.2 Å². The van der Waals surface area contributed by atoms with E-state index < -0.39 is 11.7 Å². The van der Waals surface area contributed by atoms with Crippen LogP contribution in [0.25, 0.3) is 0 Å². The van der Waals surface area contributed by atoms with Crippen molar-refractivity contribution in [2.45, 2.75) is 32.5 Å². The SMILES string of the molecule is CCN(CC)C(CNC(=NC)N(C)CC1CCOC1)c1ccc(C(F)(F)F)cc1. The summed E-state index contributed by atoms with van der Waals surface area (Å²) in [7, 11) is 3.74. The molecule has 29 heavy (non-hydrogen) atoms. The van der Waals surface area contributed by atoms with Gasteiger partial charge in [0.15, 0.2) is 5.96 Å². The summed E-state index contributed by atoms with van der Waals surface area (Å²) in [6.45, 7) is 8.72. The summed E-state index contributed by atoms with van der Waals surface area (Å²) in [6, 6.07) is 5.43. The van der Waals surface area contributed by atoms with Crippen molar-refractivity contribution in [1.82, 2.24) is 15.1 Å². The topological polar surface area (TPSA) is 40.1 Å². The number of guanidine groups is 1. The van der Waals surface area contributed by atoms with Crippen LogP contribution in [0.3, 0.4) is 0 Å². The van der Waals surface area contributed by atoms with Crippen LogP contribution in [0.2, 0.25) is 0 Å². The van der Waals surface area contributed by atoms with Crippen LogP contribution in [0, 0.1) is 5.92 Å². The van der Waals surface area contributed by atoms with Gasteiger partial charge in [-0.1, -0.05) is 26.0 Å². The molecule has 0 aromatic heterocycles. The van der Waals surface area contributed by atoms with E-state index in [4.69, 9.17) is 4.74 Å². The summed E-state index contributed by atoms with van der Waals surface area (Å²) in [6.07, 6.45) is -3.27. The molecule has 1 aromatic carbocycles. The fraction of sp³-hybridized carbons (Fsp3) is 0.667. The molecular formula is C21H33F3N4O. The summed E-state index contributed by atoms with van der Waals surface area (Å²) < 4.78 is 44.2. The van der Waals surface area contributed by atoms with Crippen LogP contribution in [0.15, 0.2) is 29.3 Å². The van der Waals surface area contributed by atoms with Crippen LogP contribution in [0.5, 0.6) is 0 Å². The lowest BCUT2D eigenvalue weighted by Crippen LogP contribution is -2.45. The minimum atomic E-state index is -4.32. The van der Waals surface area contributed by atoms with Gasteiger partial charge in [-0.15, -0.1) is 0 Å². The van der Waals surface area contributed by atoms with E-state index in [1.165, 1.54) is 0 Å². The quantitative estimate of drug-likeness (QED) is 0.521. The molecule has 0 radical (unpaired) electrons. The summed E-state index contributed by atoms with van der Waals surface area (Å²) in [5.41, 5.74) is 0.235. The van der Waals surface area contributed by atoms with Gasteiger partial charge in [0.05, 0.1) is 18.2 Å². The molecule has 1 aliphatic heterocycles. The Morgan fingerprint density at radius 1 is 1.24 bits per heavy atom. The molecule has 2 rings (SSSR count). The smallest absolute Gasteiger partial charge is 0.381 e. The second-order valence-corrected chi connectivity index (χ2v) is 7.40. The van der Waals surface area contributed by atoms with E-state index in [1.54, 1.807) is 19.2 Å². The van der Waals surface area contributed by atoms with Crippen molar-refractivity contribution >= 4 is 5.96 Å². The number of ether oxygens (including phenoxy) is 1. The number of nitrogens with one attached hydrogen (secondary N) is 1. The number of likely N-dealkylation sites (N-methyl/N-ethyl adjacent to an activating group) is 1. The van der Waals surface area contributed by atoms with Gasteiger partial charge in [0, 0.05) is 39.7 Å². The lowest BCUT2D eigenvalue weighted by Gasteiger charge is -2.32. The number of halogens is 3. The maximum atomic E-state index is 12.9. The lowest BCUT2D eigenvalue weighted by atomic mass is 10.0. The molecular weight excluding hydrogens is 381 g/mol. The van der Waals surface area contributed by atoms with Crippen LogP contribution < -0.4 is 5.32 Å². The molecule has 0 amide bonds. The number of alkyl halides is 3. The molecule has 164 valence electrons. The first-order valence-corrected chi connectivity index (χ1v) is 10.2. The predicted octanol–water partition coefficient (Wildman–Crippen LogP) is 3.63. The number of nitrogens with zero attached hydrogens (tertiary/aromatic N) is 3. The molecule has 5 nitrogen and oxygen atoms in total. The molecule has 1 aromatic rings. The molecule has 0 bridgehead atoms. The summed E-state index contributed by atoms with van der Waals surface area (Å²) in [4.78, 5) is 8.69. The second kappa shape index (κ2) is 10.8. The van der Waals surface area contributed by atoms with Gasteiger partial charge in [-0.05, 0) is 37.2 Å². The van der Waals surface area contributed by atoms with Crippen molar-refractivity contribution in [2.75, 3.05) is 53.5 Å². The Labute approximate surface area is 171 Å². The van der Waals surface area contributed by atoms with Crippen molar-refractivity contribution in [3.05, 3.63) is 35.4 Å². The molecule has 2 atom stereocenters. The first-order chi connectivity index (χ1) is 13.8. The normalized spacial score (nSPS) is 18.9. The predicted molar refractivity (Wildman–Crippen MR) is 110 cm³/mol. The second-order valence-electron chi connectivity index (χ2n) is 7.40. The highest BCUT2D eigenvalue weighted by Gasteiger charge is 2.30. The van der Waals surface area contributed by atoms with E-state index in [1.807, 2.05) is 7.05 Å². The first kappa shape index (κ1) is 23.5. The zero-order chi connectivity index (χ0) is 21.4. The monoisotopic (exact) mass is 414 g/mol. The molecule has 1 heterocycles. The van der Waals surface area contributed by atoms with E-state index in [-0.39, 0.29) is 6.04 Å². The third-order valence-corrected chi connectivity index (χ3v) is 5.46. The molecule has 0 saturated carbocycles. The highest BCUT2D eigenvalue weighted by atomic mass is 19.4. The van der Waals surface area contributed by atoms with Gasteiger partial charge >= 0.3 is 6.18 Å². The summed E-state index contributed by atoms with van der Waals surface area (Å²) >= 11 is 0. The first-order valence-electron chi connectivity index (χ1n) is 10.2. The van der Waals surface area contributed by atoms with Gasteiger partial charge in [0.2, 0.25) is 0 Å². The van der Waals surface area contributed by atoms with Crippen LogP contribution in [0.1, 0.15) is 37.4 Å². The van der Waals surface area contributed by atoms with E-state index in [0.717, 1.165) is 62.9 Å². The molecule has 1 N–H and O–H groups in total. The largest absolute Gasteiger partial charge is 0.416 e. The van der Waals surface area contributed by atoms with Crippen LogP contribution >= 0.6 is 0 Å². The fourth-order valence-electron chi connectivity index (χ4n) is 3.79. The summed E-state index contributed by atoms with van der Waals surface area (Å²) in [5, 5.41) is 3.41. The van der Waals surface area contributed by atoms with Crippen LogP contribution in [-0.2, 0) is 10.9 Å². The van der Waals surface area contributed by atoms with Crippen molar-refractivity contribution in [1.29, 1.82) is 0 Å². The Kier molecular flexibility index (Phi) is 8.77. The standard InChI is InChI=1S/C21H33F3N4O/c1-5-28(6-2)19(17-7-9-18(10-8-17)21(22,23)24)13-26-20(25-3)27(4)14-16-11-12-29-15-16/h7-10,16,19H,5-6,11-15H2,1-4H3,(H,25,26). The number of hydrogen-bond donors (Lipinski definition) is 1. The van der Waals surface area contributed by atoms with Crippen LogP contribution in [-0.4, -0.2) is 69.2 Å². The van der Waals surface area contributed by atoms with Crippen molar-refractivity contribution < 1.29 is 17.9 Å². The van der Waals surface area contributed by atoms with E-state index in [9.17, 15) is 13.2 Å². The number of hydrogen-bond acceptors (Lipinski definition) is 3. The van der Waals surface area contributed by atoms with Gasteiger partial charge in [-0.2, -0.15) is 13.2 Å². The molecule has 0 aliphatic carbocycles. The van der Waals surface area contributed by atoms with E-state index in [0.29, 0.717) is 12.5 Å². The van der Waals surface area contributed by atoms with E-state index >= 15 is 0 Å². The third-order valence-electron chi connectivity index (χ3n) is 5.46. The Hall–Kier alpha value is -1.80. The van der Waals surface area contributed by atoms with Gasteiger partial charge in [-0.3, -0.25) is 9.89 Å². The highest BCUT2D eigenvalue weighted by Crippen LogP contribution is 2.30. The molecule has 0 spiro atoms. The zero-order valence-electron chi connectivity index (χ0n) is 17.8. The minimum Gasteiger partial charge on any atom is -0.381 e. The molecule has 8 heteroatoms. The highest BCUT2D eigenvalue weighted by molar-refractivity contribution is 5.79. The molecule has 1 fully saturated rings. The molecule has 2 unspecified atom stereocenters. The Morgan fingerprint density at radius 3 is 2.38 bits per heavy atom. The van der Waals surface area contributed by atoms with Gasteiger partial charge < -0.3 is 15.0 Å². The molecule has 1 saturated heterocycles. The number of rotatable bonds is 8. The maximum Gasteiger partial charge on any atom is 0.416 e. The van der Waals surface area contributed by atoms with Crippen molar-refractivity contribution in [2.24, 2.45) is 10.9 Å². The Balaban J connectivity index is 2.09. The number of benzene rings is 1. The maximum absolute atomic E-state index is 12.9. The van der Waals surface area contributed by atoms with Gasteiger partial charge in [-0.25, -0.2) is 0 Å². The van der Waals surface area contributed by atoms with Gasteiger partial charge in [0.1, 0.15) is 0 Å². The van der Waals surface area contributed by atoms with Crippen molar-refractivity contribution in [3.63, 3.8) is 0 Å². The average molecular weight is 415 g/mol. The van der Waals surface area contributed by atoms with Crippen molar-refractivity contribution in [3.8, 4) is 0 Å². The summed E-state index contributed by atoms with van der Waals surface area (Å²) in [5.74, 6) is 1.27. The average Bonchev–Trinajstić information content (AvgIpc) is 3.20. The Morgan fingerprint density at radius 2 is 1.90 bits per heavy atom. The fourth-order valence-corrected chi connectivity index (χ4v) is 3.79. The zero-order valence-corrected chi connectivity index (χ0v) is 17.8. The lowest BCUT2D eigenvalue weighted by molar-refractivity contribution is -0.137. The number of aliphatic imine (C=N–C) groups is 1. The third kappa shape index (κ3) is 6.60. The molecule has 1 aliphatic rings. The van der Waals surface area contributed by atoms with Gasteiger partial charge in [0.25, 0.3) is 0 Å². The van der Waals surface area contributed by atoms with E-state index in [2.05, 4.69) is 34.0 Å². The Bertz CT molecular complexity index is 638.